The molecule has 1 fully saturated rings. The van der Waals surface area contributed by atoms with Crippen LogP contribution in [-0.2, 0) is 9.47 Å². The molecule has 1 saturated heterocycles. The lowest BCUT2D eigenvalue weighted by Gasteiger charge is -2.23. The number of ether oxygens (including phenoxy) is 2. The molecule has 0 aromatic heterocycles. The van der Waals surface area contributed by atoms with Gasteiger partial charge in [0.1, 0.15) is 0 Å². The second kappa shape index (κ2) is 6.35. The van der Waals surface area contributed by atoms with Crippen molar-refractivity contribution in [2.75, 3.05) is 33.4 Å². The van der Waals surface area contributed by atoms with Crippen molar-refractivity contribution < 1.29 is 9.47 Å². The fourth-order valence-electron chi connectivity index (χ4n) is 1.63. The molecule has 3 heteroatoms. The highest BCUT2D eigenvalue weighted by Gasteiger charge is 2.14. The molecule has 0 aromatic rings. The molecular weight excluding hydrogens is 166 g/mol. The van der Waals surface area contributed by atoms with Gasteiger partial charge in [-0.1, -0.05) is 0 Å². The monoisotopic (exact) mass is 187 g/mol. The van der Waals surface area contributed by atoms with Gasteiger partial charge < -0.3 is 14.8 Å². The van der Waals surface area contributed by atoms with E-state index in [-0.39, 0.29) is 6.10 Å². The quantitative estimate of drug-likeness (QED) is 0.697. The summed E-state index contributed by atoms with van der Waals surface area (Å²) in [6.07, 6.45) is 2.74. The van der Waals surface area contributed by atoms with Gasteiger partial charge in [0.05, 0.1) is 12.7 Å². The predicted octanol–water partition coefficient (Wildman–Crippen LogP) is 1.04. The maximum atomic E-state index is 5.67. The van der Waals surface area contributed by atoms with Crippen LogP contribution in [0.3, 0.4) is 0 Å². The Bertz CT molecular complexity index is 124. The van der Waals surface area contributed by atoms with Crippen molar-refractivity contribution >= 4 is 0 Å². The number of rotatable bonds is 5. The maximum Gasteiger partial charge on any atom is 0.0780 e. The topological polar surface area (TPSA) is 30.5 Å². The number of nitrogens with one attached hydrogen (secondary N) is 1. The van der Waals surface area contributed by atoms with Crippen LogP contribution in [0.1, 0.15) is 19.8 Å². The lowest BCUT2D eigenvalue weighted by Crippen LogP contribution is -2.31. The first-order valence-electron chi connectivity index (χ1n) is 5.14. The van der Waals surface area contributed by atoms with Gasteiger partial charge in [0.25, 0.3) is 0 Å². The van der Waals surface area contributed by atoms with Gasteiger partial charge in [-0.05, 0) is 38.8 Å². The second-order valence-corrected chi connectivity index (χ2v) is 3.79. The molecule has 1 N–H and O–H groups in total. The molecule has 0 radical (unpaired) electrons. The predicted molar refractivity (Wildman–Crippen MR) is 52.9 cm³/mol. The summed E-state index contributed by atoms with van der Waals surface area (Å²) in [5, 5.41) is 3.35. The first kappa shape index (κ1) is 11.0. The number of hydrogen-bond donors (Lipinski definition) is 1. The van der Waals surface area contributed by atoms with Crippen molar-refractivity contribution in [2.24, 2.45) is 5.92 Å². The molecule has 1 heterocycles. The minimum absolute atomic E-state index is 0.236. The minimum Gasteiger partial charge on any atom is -0.382 e. The SMILES string of the molecule is COCC(C)OCC1CCNCC1. The van der Waals surface area contributed by atoms with Gasteiger partial charge in [0.15, 0.2) is 0 Å². The average molecular weight is 187 g/mol. The summed E-state index contributed by atoms with van der Waals surface area (Å²) < 4.78 is 10.7. The fourth-order valence-corrected chi connectivity index (χ4v) is 1.63. The summed E-state index contributed by atoms with van der Waals surface area (Å²) in [7, 11) is 1.71. The molecule has 1 aliphatic heterocycles. The van der Waals surface area contributed by atoms with Gasteiger partial charge in [-0.25, -0.2) is 0 Å². The van der Waals surface area contributed by atoms with E-state index in [9.17, 15) is 0 Å². The lowest BCUT2D eigenvalue weighted by molar-refractivity contribution is -0.0107. The van der Waals surface area contributed by atoms with E-state index in [0.717, 1.165) is 25.6 Å². The molecule has 0 saturated carbocycles. The zero-order chi connectivity index (χ0) is 9.52. The summed E-state index contributed by atoms with van der Waals surface area (Å²) >= 11 is 0. The van der Waals surface area contributed by atoms with Gasteiger partial charge in [-0.15, -0.1) is 0 Å². The van der Waals surface area contributed by atoms with Crippen LogP contribution in [0.15, 0.2) is 0 Å². The molecule has 13 heavy (non-hydrogen) atoms. The van der Waals surface area contributed by atoms with Crippen LogP contribution >= 0.6 is 0 Å². The van der Waals surface area contributed by atoms with Gasteiger partial charge in [0.2, 0.25) is 0 Å². The summed E-state index contributed by atoms with van der Waals surface area (Å²) in [4.78, 5) is 0. The first-order chi connectivity index (χ1) is 6.33. The van der Waals surface area contributed by atoms with Crippen molar-refractivity contribution in [3.8, 4) is 0 Å². The zero-order valence-corrected chi connectivity index (χ0v) is 8.71. The van der Waals surface area contributed by atoms with E-state index in [1.54, 1.807) is 7.11 Å². The van der Waals surface area contributed by atoms with Crippen LogP contribution in [0.2, 0.25) is 0 Å². The highest BCUT2D eigenvalue weighted by atomic mass is 16.5. The van der Waals surface area contributed by atoms with E-state index in [1.807, 2.05) is 0 Å². The summed E-state index contributed by atoms with van der Waals surface area (Å²) in [5.74, 6) is 0.751. The van der Waals surface area contributed by atoms with Gasteiger partial charge in [-0.2, -0.15) is 0 Å². The summed E-state index contributed by atoms with van der Waals surface area (Å²) in [6.45, 7) is 5.95. The highest BCUT2D eigenvalue weighted by Crippen LogP contribution is 2.12. The molecule has 1 rings (SSSR count). The summed E-state index contributed by atoms with van der Waals surface area (Å²) in [5.41, 5.74) is 0. The average Bonchev–Trinajstić information content (AvgIpc) is 2.17. The highest BCUT2D eigenvalue weighted by molar-refractivity contribution is 4.68. The Morgan fingerprint density at radius 2 is 2.08 bits per heavy atom. The third-order valence-electron chi connectivity index (χ3n) is 2.48. The molecule has 0 aromatic carbocycles. The molecule has 1 aliphatic rings. The Morgan fingerprint density at radius 1 is 1.38 bits per heavy atom. The molecule has 0 amide bonds. The van der Waals surface area contributed by atoms with E-state index in [1.165, 1.54) is 12.8 Å². The van der Waals surface area contributed by atoms with Crippen LogP contribution in [0.4, 0.5) is 0 Å². The Kier molecular flexibility index (Phi) is 5.35. The van der Waals surface area contributed by atoms with Crippen LogP contribution in [0, 0.1) is 5.92 Å². The smallest absolute Gasteiger partial charge is 0.0780 e. The largest absolute Gasteiger partial charge is 0.382 e. The number of methoxy groups -OCH3 is 1. The first-order valence-corrected chi connectivity index (χ1v) is 5.14. The Hall–Kier alpha value is -0.120. The van der Waals surface area contributed by atoms with Crippen molar-refractivity contribution in [1.29, 1.82) is 0 Å². The third kappa shape index (κ3) is 4.60. The van der Waals surface area contributed by atoms with Crippen LogP contribution < -0.4 is 5.32 Å². The van der Waals surface area contributed by atoms with Gasteiger partial charge in [0, 0.05) is 13.7 Å². The van der Waals surface area contributed by atoms with Crippen LogP contribution in [0.25, 0.3) is 0 Å². The molecule has 0 spiro atoms. The van der Waals surface area contributed by atoms with E-state index in [0.29, 0.717) is 6.61 Å². The molecule has 1 atom stereocenters. The van der Waals surface area contributed by atoms with Gasteiger partial charge in [-0.3, -0.25) is 0 Å². The molecule has 1 unspecified atom stereocenters. The second-order valence-electron chi connectivity index (χ2n) is 3.79. The Morgan fingerprint density at radius 3 is 2.69 bits per heavy atom. The lowest BCUT2D eigenvalue weighted by atomic mass is 9.99. The van der Waals surface area contributed by atoms with E-state index < -0.39 is 0 Å². The van der Waals surface area contributed by atoms with E-state index >= 15 is 0 Å². The van der Waals surface area contributed by atoms with E-state index in [4.69, 9.17) is 9.47 Å². The number of piperidine rings is 1. The van der Waals surface area contributed by atoms with Crippen molar-refractivity contribution in [3.63, 3.8) is 0 Å². The number of hydrogen-bond acceptors (Lipinski definition) is 3. The molecule has 0 aliphatic carbocycles. The fraction of sp³-hybridized carbons (Fsp3) is 1.00. The van der Waals surface area contributed by atoms with Crippen LogP contribution in [-0.4, -0.2) is 39.5 Å². The standard InChI is InChI=1S/C10H21NO2/c1-9(7-12-2)13-8-10-3-5-11-6-4-10/h9-11H,3-8H2,1-2H3. The molecule has 0 bridgehead atoms. The normalized spacial score (nSPS) is 21.7. The molecule has 3 nitrogen and oxygen atoms in total. The zero-order valence-electron chi connectivity index (χ0n) is 8.71. The Labute approximate surface area is 80.8 Å². The van der Waals surface area contributed by atoms with Crippen molar-refractivity contribution in [3.05, 3.63) is 0 Å². The minimum atomic E-state index is 0.236. The summed E-state index contributed by atoms with van der Waals surface area (Å²) in [6, 6.07) is 0. The van der Waals surface area contributed by atoms with Crippen molar-refractivity contribution in [1.82, 2.24) is 5.32 Å². The van der Waals surface area contributed by atoms with Crippen LogP contribution in [0.5, 0.6) is 0 Å². The third-order valence-corrected chi connectivity index (χ3v) is 2.48. The Balaban J connectivity index is 2.03. The molecular formula is C10H21NO2. The maximum absolute atomic E-state index is 5.67. The van der Waals surface area contributed by atoms with Gasteiger partial charge >= 0.3 is 0 Å². The van der Waals surface area contributed by atoms with Crippen molar-refractivity contribution in [2.45, 2.75) is 25.9 Å². The van der Waals surface area contributed by atoms with E-state index in [2.05, 4.69) is 12.2 Å². The molecule has 78 valence electrons.